The summed E-state index contributed by atoms with van der Waals surface area (Å²) in [6, 6.07) is 0.601. The van der Waals surface area contributed by atoms with Gasteiger partial charge >= 0.3 is 5.97 Å². The Morgan fingerprint density at radius 3 is 2.39 bits per heavy atom. The van der Waals surface area contributed by atoms with Crippen LogP contribution in [0.15, 0.2) is 0 Å². The van der Waals surface area contributed by atoms with E-state index in [-0.39, 0.29) is 12.6 Å². The van der Waals surface area contributed by atoms with E-state index in [1.807, 2.05) is 0 Å². The Morgan fingerprint density at radius 2 is 1.94 bits per heavy atom. The average molecular weight is 261 g/mol. The van der Waals surface area contributed by atoms with Crippen LogP contribution in [0.1, 0.15) is 19.8 Å². The monoisotopic (exact) mass is 261 g/mol. The van der Waals surface area contributed by atoms with Crippen LogP contribution in [-0.2, 0) is 9.53 Å². The van der Waals surface area contributed by atoms with Crippen LogP contribution in [0, 0.1) is 5.41 Å². The van der Waals surface area contributed by atoms with E-state index >= 15 is 0 Å². The lowest BCUT2D eigenvalue weighted by Crippen LogP contribution is -2.39. The van der Waals surface area contributed by atoms with Gasteiger partial charge in [-0.05, 0) is 6.42 Å². The van der Waals surface area contributed by atoms with E-state index in [1.54, 1.807) is 0 Å². The smallest absolute Gasteiger partial charge is 0.307 e. The summed E-state index contributed by atoms with van der Waals surface area (Å²) < 4.78 is 4.98. The minimum atomic E-state index is -1.14. The third-order valence-corrected chi connectivity index (χ3v) is 3.45. The molecule has 0 bridgehead atoms. The lowest BCUT2D eigenvalue weighted by molar-refractivity contribution is -0.151. The van der Waals surface area contributed by atoms with Crippen molar-refractivity contribution in [3.63, 3.8) is 0 Å². The first-order valence-electron chi connectivity index (χ1n) is 6.33. The summed E-state index contributed by atoms with van der Waals surface area (Å²) in [7, 11) is 0. The molecule has 18 heavy (non-hydrogen) atoms. The highest BCUT2D eigenvalue weighted by atomic mass is 16.5. The summed E-state index contributed by atoms with van der Waals surface area (Å²) in [5, 5.41) is 27.2. The van der Waals surface area contributed by atoms with Crippen LogP contribution < -0.4 is 0 Å². The number of aliphatic hydroxyl groups excluding tert-OH is 3. The van der Waals surface area contributed by atoms with E-state index in [0.29, 0.717) is 19.0 Å². The third-order valence-electron chi connectivity index (χ3n) is 3.45. The minimum Gasteiger partial charge on any atom is -0.465 e. The summed E-state index contributed by atoms with van der Waals surface area (Å²) in [6.45, 7) is 2.42. The van der Waals surface area contributed by atoms with Gasteiger partial charge in [0.1, 0.15) is 6.61 Å². The molecule has 3 N–H and O–H groups in total. The number of carbonyl (C=O) groups is 1. The Balaban J connectivity index is 2.20. The van der Waals surface area contributed by atoms with Crippen molar-refractivity contribution < 1.29 is 24.9 Å². The van der Waals surface area contributed by atoms with Crippen molar-refractivity contribution in [2.45, 2.75) is 25.8 Å². The number of hydrogen-bond donors (Lipinski definition) is 3. The van der Waals surface area contributed by atoms with Gasteiger partial charge in [0.15, 0.2) is 0 Å². The molecule has 0 amide bonds. The van der Waals surface area contributed by atoms with Crippen LogP contribution in [0.25, 0.3) is 0 Å². The number of ether oxygens (including phenoxy) is 1. The lowest BCUT2D eigenvalue weighted by Gasteiger charge is -2.26. The van der Waals surface area contributed by atoms with Crippen molar-refractivity contribution in [1.29, 1.82) is 0 Å². The number of rotatable bonds is 9. The summed E-state index contributed by atoms with van der Waals surface area (Å²) in [4.78, 5) is 13.7. The molecule has 1 heterocycles. The SMILES string of the molecule is CCC1CN1CCC(=O)OCC(CO)(CO)CO. The molecule has 0 aliphatic carbocycles. The van der Waals surface area contributed by atoms with E-state index < -0.39 is 25.2 Å². The van der Waals surface area contributed by atoms with E-state index in [2.05, 4.69) is 11.8 Å². The Labute approximate surface area is 107 Å². The standard InChI is InChI=1S/C12H23NO5/c1-2-10-5-13(10)4-3-11(17)18-9-12(6-14,7-15)8-16/h10,14-16H,2-9H2,1H3. The molecule has 0 spiro atoms. The fraction of sp³-hybridized carbons (Fsp3) is 0.917. The molecule has 106 valence electrons. The summed E-state index contributed by atoms with van der Waals surface area (Å²) in [5.41, 5.74) is -1.14. The maximum Gasteiger partial charge on any atom is 0.307 e. The molecule has 1 fully saturated rings. The molecule has 1 rings (SSSR count). The maximum atomic E-state index is 11.5. The second-order valence-electron chi connectivity index (χ2n) is 4.94. The Hall–Kier alpha value is -0.690. The van der Waals surface area contributed by atoms with E-state index in [0.717, 1.165) is 13.0 Å². The zero-order valence-corrected chi connectivity index (χ0v) is 10.8. The predicted molar refractivity (Wildman–Crippen MR) is 64.9 cm³/mol. The van der Waals surface area contributed by atoms with Crippen LogP contribution >= 0.6 is 0 Å². The quantitative estimate of drug-likeness (QED) is 0.363. The lowest BCUT2D eigenvalue weighted by atomic mass is 9.93. The van der Waals surface area contributed by atoms with Gasteiger partial charge in [-0.2, -0.15) is 0 Å². The molecule has 2 atom stereocenters. The van der Waals surface area contributed by atoms with Crippen molar-refractivity contribution in [2.24, 2.45) is 5.41 Å². The number of esters is 1. The molecule has 0 aromatic heterocycles. The molecule has 6 heteroatoms. The normalized spacial score (nSPS) is 22.9. The number of hydrogen-bond acceptors (Lipinski definition) is 6. The first-order chi connectivity index (χ1) is 8.60. The molecule has 6 nitrogen and oxygen atoms in total. The molecule has 0 aromatic carbocycles. The topological polar surface area (TPSA) is 90.0 Å². The second kappa shape index (κ2) is 7.04. The molecule has 0 saturated carbocycles. The zero-order valence-electron chi connectivity index (χ0n) is 10.8. The van der Waals surface area contributed by atoms with Crippen molar-refractivity contribution in [2.75, 3.05) is 39.5 Å². The van der Waals surface area contributed by atoms with Crippen LogP contribution in [0.4, 0.5) is 0 Å². The largest absolute Gasteiger partial charge is 0.465 e. The number of nitrogens with zero attached hydrogens (tertiary/aromatic N) is 1. The van der Waals surface area contributed by atoms with Gasteiger partial charge in [0.25, 0.3) is 0 Å². The van der Waals surface area contributed by atoms with Crippen molar-refractivity contribution >= 4 is 5.97 Å². The van der Waals surface area contributed by atoms with Gasteiger partial charge in [0, 0.05) is 19.1 Å². The highest BCUT2D eigenvalue weighted by Crippen LogP contribution is 2.20. The van der Waals surface area contributed by atoms with Gasteiger partial charge in [-0.25, -0.2) is 0 Å². The van der Waals surface area contributed by atoms with Gasteiger partial charge in [-0.1, -0.05) is 6.92 Å². The van der Waals surface area contributed by atoms with Crippen LogP contribution in [0.2, 0.25) is 0 Å². The van der Waals surface area contributed by atoms with Crippen molar-refractivity contribution in [1.82, 2.24) is 4.90 Å². The highest BCUT2D eigenvalue weighted by molar-refractivity contribution is 5.69. The van der Waals surface area contributed by atoms with Crippen LogP contribution in [0.5, 0.6) is 0 Å². The average Bonchev–Trinajstić information content (AvgIpc) is 3.17. The van der Waals surface area contributed by atoms with Crippen LogP contribution in [-0.4, -0.2) is 71.7 Å². The Kier molecular flexibility index (Phi) is 6.01. The predicted octanol–water partition coefficient (Wildman–Crippen LogP) is -1.02. The number of aliphatic hydroxyl groups is 3. The maximum absolute atomic E-state index is 11.5. The van der Waals surface area contributed by atoms with Crippen molar-refractivity contribution in [3.8, 4) is 0 Å². The van der Waals surface area contributed by atoms with E-state index in [1.165, 1.54) is 0 Å². The molecular weight excluding hydrogens is 238 g/mol. The van der Waals surface area contributed by atoms with Crippen molar-refractivity contribution in [3.05, 3.63) is 0 Å². The molecule has 0 radical (unpaired) electrons. The Bertz CT molecular complexity index is 259. The van der Waals surface area contributed by atoms with E-state index in [9.17, 15) is 4.79 Å². The molecule has 0 aromatic rings. The van der Waals surface area contributed by atoms with Gasteiger partial charge in [-0.15, -0.1) is 0 Å². The summed E-state index contributed by atoms with van der Waals surface area (Å²) in [6.07, 6.45) is 1.40. The zero-order chi connectivity index (χ0) is 13.6. The van der Waals surface area contributed by atoms with Gasteiger partial charge < -0.3 is 20.1 Å². The van der Waals surface area contributed by atoms with Gasteiger partial charge in [-0.3, -0.25) is 9.69 Å². The summed E-state index contributed by atoms with van der Waals surface area (Å²) >= 11 is 0. The first-order valence-corrected chi connectivity index (χ1v) is 6.33. The molecule has 1 aliphatic rings. The van der Waals surface area contributed by atoms with Crippen LogP contribution in [0.3, 0.4) is 0 Å². The van der Waals surface area contributed by atoms with Gasteiger partial charge in [0.05, 0.1) is 31.7 Å². The molecule has 1 aliphatic heterocycles. The molecule has 1 saturated heterocycles. The fourth-order valence-electron chi connectivity index (χ4n) is 1.71. The fourth-order valence-corrected chi connectivity index (χ4v) is 1.71. The Morgan fingerprint density at radius 1 is 1.33 bits per heavy atom. The summed E-state index contributed by atoms with van der Waals surface area (Å²) in [5.74, 6) is -0.364. The minimum absolute atomic E-state index is 0.160. The first kappa shape index (κ1) is 15.4. The second-order valence-corrected chi connectivity index (χ2v) is 4.94. The number of carbonyl (C=O) groups excluding carboxylic acids is 1. The molecule has 2 unspecified atom stereocenters. The van der Waals surface area contributed by atoms with E-state index in [4.69, 9.17) is 20.1 Å². The third kappa shape index (κ3) is 4.20. The highest BCUT2D eigenvalue weighted by Gasteiger charge is 2.33. The molecular formula is C12H23NO5. The van der Waals surface area contributed by atoms with Gasteiger partial charge in [0.2, 0.25) is 0 Å².